The van der Waals surface area contributed by atoms with Crippen LogP contribution in [0.2, 0.25) is 5.02 Å². The maximum Gasteiger partial charge on any atom is 0.179 e. The van der Waals surface area contributed by atoms with Crippen molar-refractivity contribution in [3.05, 3.63) is 29.3 Å². The molecular formula is C16H24ClNO2S. The van der Waals surface area contributed by atoms with Crippen molar-refractivity contribution >= 4 is 21.4 Å². The van der Waals surface area contributed by atoms with Gasteiger partial charge in [0.25, 0.3) is 0 Å². The molecule has 1 aromatic rings. The molecule has 1 aromatic carbocycles. The molecule has 0 bridgehead atoms. The molecule has 3 nitrogen and oxygen atoms in total. The Morgan fingerprint density at radius 2 is 2.05 bits per heavy atom. The Kier molecular flexibility index (Phi) is 6.08. The van der Waals surface area contributed by atoms with Crippen LogP contribution in [0.1, 0.15) is 39.0 Å². The monoisotopic (exact) mass is 329 g/mol. The van der Waals surface area contributed by atoms with Gasteiger partial charge in [-0.2, -0.15) is 0 Å². The Morgan fingerprint density at radius 1 is 1.29 bits per heavy atom. The molecule has 0 heterocycles. The first-order chi connectivity index (χ1) is 10.0. The summed E-state index contributed by atoms with van der Waals surface area (Å²) in [6.45, 7) is 3.16. The van der Waals surface area contributed by atoms with Crippen LogP contribution in [0.25, 0.3) is 0 Å². The molecule has 1 aliphatic rings. The second-order valence-electron chi connectivity index (χ2n) is 5.79. The Morgan fingerprint density at radius 3 is 2.76 bits per heavy atom. The molecule has 2 unspecified atom stereocenters. The van der Waals surface area contributed by atoms with Crippen LogP contribution >= 0.6 is 11.6 Å². The molecular weight excluding hydrogens is 306 g/mol. The Labute approximate surface area is 133 Å². The van der Waals surface area contributed by atoms with Crippen LogP contribution in [-0.2, 0) is 9.84 Å². The summed E-state index contributed by atoms with van der Waals surface area (Å²) >= 11 is 6.01. The summed E-state index contributed by atoms with van der Waals surface area (Å²) < 4.78 is 24.9. The van der Waals surface area contributed by atoms with E-state index >= 15 is 0 Å². The highest BCUT2D eigenvalue weighted by Crippen LogP contribution is 2.30. The standard InChI is InChI=1S/C16H24ClNO2S/c1-2-11-18-15-8-5-6-13(15)10-12-21(19,20)16-9-4-3-7-14(16)17/h3-4,7,9,13,15,18H,2,5-6,8,10-12H2,1H3. The molecule has 0 amide bonds. The summed E-state index contributed by atoms with van der Waals surface area (Å²) in [5.74, 6) is 0.653. The van der Waals surface area contributed by atoms with Gasteiger partial charge in [0.2, 0.25) is 0 Å². The zero-order chi connectivity index (χ0) is 15.3. The second-order valence-corrected chi connectivity index (χ2v) is 8.27. The van der Waals surface area contributed by atoms with Gasteiger partial charge in [-0.25, -0.2) is 8.42 Å². The molecule has 2 rings (SSSR count). The maximum atomic E-state index is 12.4. The normalized spacial score (nSPS) is 22.6. The molecule has 0 spiro atoms. The summed E-state index contributed by atoms with van der Waals surface area (Å²) in [7, 11) is -3.28. The molecule has 118 valence electrons. The first-order valence-corrected chi connectivity index (χ1v) is 9.78. The molecule has 1 N–H and O–H groups in total. The Bertz CT molecular complexity index is 559. The fourth-order valence-corrected chi connectivity index (χ4v) is 5.07. The van der Waals surface area contributed by atoms with Crippen LogP contribution in [0.15, 0.2) is 29.2 Å². The number of benzene rings is 1. The Balaban J connectivity index is 1.97. The van der Waals surface area contributed by atoms with Crippen molar-refractivity contribution in [3.63, 3.8) is 0 Å². The van der Waals surface area contributed by atoms with Gasteiger partial charge in [-0.3, -0.25) is 0 Å². The lowest BCUT2D eigenvalue weighted by molar-refractivity contribution is 0.391. The maximum absolute atomic E-state index is 12.4. The highest BCUT2D eigenvalue weighted by molar-refractivity contribution is 7.91. The minimum Gasteiger partial charge on any atom is -0.314 e. The summed E-state index contributed by atoms with van der Waals surface area (Å²) in [5, 5.41) is 3.87. The van der Waals surface area contributed by atoms with E-state index in [4.69, 9.17) is 11.6 Å². The van der Waals surface area contributed by atoms with Gasteiger partial charge >= 0.3 is 0 Å². The Hall–Kier alpha value is -0.580. The van der Waals surface area contributed by atoms with Crippen molar-refractivity contribution in [2.24, 2.45) is 5.92 Å². The SMILES string of the molecule is CCCNC1CCCC1CCS(=O)(=O)c1ccccc1Cl. The van der Waals surface area contributed by atoms with E-state index in [-0.39, 0.29) is 10.6 Å². The fourth-order valence-electron chi connectivity index (χ4n) is 3.09. The lowest BCUT2D eigenvalue weighted by Crippen LogP contribution is -2.33. The van der Waals surface area contributed by atoms with Crippen LogP contribution < -0.4 is 5.32 Å². The van der Waals surface area contributed by atoms with E-state index in [1.807, 2.05) is 0 Å². The number of hydrogen-bond donors (Lipinski definition) is 1. The van der Waals surface area contributed by atoms with Crippen LogP contribution in [0, 0.1) is 5.92 Å². The summed E-state index contributed by atoms with van der Waals surface area (Å²) in [4.78, 5) is 0.266. The highest BCUT2D eigenvalue weighted by atomic mass is 35.5. The zero-order valence-corrected chi connectivity index (χ0v) is 14.1. The summed E-state index contributed by atoms with van der Waals surface area (Å²) in [5.41, 5.74) is 0. The number of halogens is 1. The van der Waals surface area contributed by atoms with Gasteiger partial charge in [0, 0.05) is 6.04 Å². The van der Waals surface area contributed by atoms with Crippen molar-refractivity contribution in [1.29, 1.82) is 0 Å². The molecule has 1 aliphatic carbocycles. The van der Waals surface area contributed by atoms with E-state index in [1.165, 1.54) is 6.42 Å². The lowest BCUT2D eigenvalue weighted by atomic mass is 10.0. The quantitative estimate of drug-likeness (QED) is 0.830. The first-order valence-electron chi connectivity index (χ1n) is 7.75. The molecule has 1 fully saturated rings. The van der Waals surface area contributed by atoms with Gasteiger partial charge in [0.1, 0.15) is 0 Å². The van der Waals surface area contributed by atoms with Crippen LogP contribution in [0.4, 0.5) is 0 Å². The summed E-state index contributed by atoms with van der Waals surface area (Å²) in [6.07, 6.45) is 5.31. The molecule has 5 heteroatoms. The van der Waals surface area contributed by atoms with Gasteiger partial charge in [-0.15, -0.1) is 0 Å². The van der Waals surface area contributed by atoms with Gasteiger partial charge in [-0.05, 0) is 50.3 Å². The van der Waals surface area contributed by atoms with E-state index in [0.717, 1.165) is 32.2 Å². The third-order valence-electron chi connectivity index (χ3n) is 4.24. The first kappa shape index (κ1) is 16.8. The minimum absolute atomic E-state index is 0.186. The zero-order valence-electron chi connectivity index (χ0n) is 12.5. The van der Waals surface area contributed by atoms with Gasteiger partial charge in [0.15, 0.2) is 9.84 Å². The van der Waals surface area contributed by atoms with Crippen LogP contribution in [0.3, 0.4) is 0 Å². The predicted octanol–water partition coefficient (Wildman–Crippen LogP) is 3.67. The number of sulfone groups is 1. The highest BCUT2D eigenvalue weighted by Gasteiger charge is 2.28. The van der Waals surface area contributed by atoms with Crippen LogP contribution in [-0.4, -0.2) is 26.8 Å². The molecule has 0 radical (unpaired) electrons. The predicted molar refractivity (Wildman–Crippen MR) is 87.5 cm³/mol. The van der Waals surface area contributed by atoms with E-state index in [1.54, 1.807) is 24.3 Å². The van der Waals surface area contributed by atoms with Crippen molar-refractivity contribution in [1.82, 2.24) is 5.32 Å². The third kappa shape index (κ3) is 4.44. The van der Waals surface area contributed by atoms with E-state index in [0.29, 0.717) is 17.0 Å². The van der Waals surface area contributed by atoms with E-state index in [9.17, 15) is 8.42 Å². The average molecular weight is 330 g/mol. The van der Waals surface area contributed by atoms with Crippen molar-refractivity contribution in [2.45, 2.75) is 50.0 Å². The van der Waals surface area contributed by atoms with E-state index < -0.39 is 9.84 Å². The molecule has 1 saturated carbocycles. The fraction of sp³-hybridized carbons (Fsp3) is 0.625. The molecule has 0 aliphatic heterocycles. The number of nitrogens with one attached hydrogen (secondary N) is 1. The van der Waals surface area contributed by atoms with E-state index in [2.05, 4.69) is 12.2 Å². The minimum atomic E-state index is -3.28. The average Bonchev–Trinajstić information content (AvgIpc) is 2.91. The van der Waals surface area contributed by atoms with Crippen molar-refractivity contribution in [2.75, 3.05) is 12.3 Å². The van der Waals surface area contributed by atoms with Gasteiger partial charge in [-0.1, -0.05) is 37.1 Å². The largest absolute Gasteiger partial charge is 0.314 e. The molecule has 2 atom stereocenters. The molecule has 21 heavy (non-hydrogen) atoms. The smallest absolute Gasteiger partial charge is 0.179 e. The van der Waals surface area contributed by atoms with Crippen molar-refractivity contribution < 1.29 is 8.42 Å². The summed E-state index contributed by atoms with van der Waals surface area (Å²) in [6, 6.07) is 7.18. The second kappa shape index (κ2) is 7.61. The topological polar surface area (TPSA) is 46.2 Å². The van der Waals surface area contributed by atoms with Crippen molar-refractivity contribution in [3.8, 4) is 0 Å². The van der Waals surface area contributed by atoms with Gasteiger partial charge < -0.3 is 5.32 Å². The molecule has 0 aromatic heterocycles. The van der Waals surface area contributed by atoms with Gasteiger partial charge in [0.05, 0.1) is 15.7 Å². The van der Waals surface area contributed by atoms with Crippen LogP contribution in [0.5, 0.6) is 0 Å². The lowest BCUT2D eigenvalue weighted by Gasteiger charge is -2.20. The third-order valence-corrected chi connectivity index (χ3v) is 6.49. The molecule has 0 saturated heterocycles. The number of rotatable bonds is 7. The number of hydrogen-bond acceptors (Lipinski definition) is 3.